The van der Waals surface area contributed by atoms with Crippen LogP contribution in [0.5, 0.6) is 0 Å². The van der Waals surface area contributed by atoms with E-state index >= 15 is 0 Å². The number of aromatic nitrogens is 1. The van der Waals surface area contributed by atoms with Crippen molar-refractivity contribution in [2.24, 2.45) is 5.41 Å². The highest BCUT2D eigenvalue weighted by Crippen LogP contribution is 2.49. The molecule has 1 aromatic heterocycles. The molecule has 0 atom stereocenters. The largest absolute Gasteiger partial charge is 0.347 e. The Labute approximate surface area is 242 Å². The molecular weight excluding hydrogens is 514 g/mol. The summed E-state index contributed by atoms with van der Waals surface area (Å²) in [5, 5.41) is 6.01. The summed E-state index contributed by atoms with van der Waals surface area (Å²) in [5.74, 6) is -0.102. The van der Waals surface area contributed by atoms with Gasteiger partial charge in [-0.1, -0.05) is 45.0 Å². The average molecular weight is 556 g/mol. The number of fused-ring (bicyclic) bond motifs is 2. The monoisotopic (exact) mass is 555 g/mol. The molecule has 0 unspecified atom stereocenters. The molecule has 1 fully saturated rings. The van der Waals surface area contributed by atoms with Crippen LogP contribution in [0.1, 0.15) is 77.7 Å². The number of carbonyl (C=O) groups excluding carboxylic acids is 3. The van der Waals surface area contributed by atoms with Gasteiger partial charge in [-0.25, -0.2) is 0 Å². The number of nitrogens with one attached hydrogen (secondary N) is 2. The molecule has 2 aliphatic rings. The zero-order valence-electron chi connectivity index (χ0n) is 24.8. The number of carbonyl (C=O) groups is 3. The quantitative estimate of drug-likeness (QED) is 0.430. The number of hydrogen-bond donors (Lipinski definition) is 2. The number of benzene rings is 2. The summed E-state index contributed by atoms with van der Waals surface area (Å²) in [6.45, 7) is 8.49. The van der Waals surface area contributed by atoms with E-state index in [0.29, 0.717) is 17.8 Å². The second-order valence-corrected chi connectivity index (χ2v) is 12.5. The minimum atomic E-state index is -0.461. The van der Waals surface area contributed by atoms with Crippen LogP contribution in [0.25, 0.3) is 0 Å². The van der Waals surface area contributed by atoms with Gasteiger partial charge in [-0.15, -0.1) is 0 Å². The number of hydrogen-bond acceptors (Lipinski definition) is 4. The lowest BCUT2D eigenvalue weighted by Crippen LogP contribution is -2.56. The predicted octanol–water partition coefficient (Wildman–Crippen LogP) is 5.00. The molecule has 216 valence electrons. The molecule has 2 aromatic carbocycles. The van der Waals surface area contributed by atoms with Crippen molar-refractivity contribution < 1.29 is 14.4 Å². The van der Waals surface area contributed by atoms with Crippen molar-refractivity contribution >= 4 is 23.4 Å². The van der Waals surface area contributed by atoms with Gasteiger partial charge in [-0.2, -0.15) is 0 Å². The van der Waals surface area contributed by atoms with Crippen molar-refractivity contribution in [3.05, 3.63) is 88.7 Å². The highest BCUT2D eigenvalue weighted by Gasteiger charge is 2.48. The summed E-state index contributed by atoms with van der Waals surface area (Å²) < 4.78 is 2.20. The molecule has 1 aliphatic carbocycles. The molecule has 1 saturated carbocycles. The van der Waals surface area contributed by atoms with Crippen LogP contribution in [0.15, 0.2) is 60.7 Å². The van der Waals surface area contributed by atoms with Gasteiger partial charge in [0.15, 0.2) is 0 Å². The van der Waals surface area contributed by atoms with Gasteiger partial charge in [0.2, 0.25) is 5.91 Å². The average Bonchev–Trinajstić information content (AvgIpc) is 3.35. The van der Waals surface area contributed by atoms with E-state index in [1.165, 1.54) is 17.7 Å². The molecule has 2 N–H and O–H groups in total. The normalized spacial score (nSPS) is 16.0. The van der Waals surface area contributed by atoms with E-state index in [9.17, 15) is 14.4 Å². The van der Waals surface area contributed by atoms with Crippen molar-refractivity contribution in [1.82, 2.24) is 19.7 Å². The molecule has 1 spiro atoms. The first-order chi connectivity index (χ1) is 19.5. The lowest BCUT2D eigenvalue weighted by atomic mass is 9.71. The third-order valence-electron chi connectivity index (χ3n) is 8.40. The van der Waals surface area contributed by atoms with Crippen LogP contribution in [-0.4, -0.2) is 52.7 Å². The summed E-state index contributed by atoms with van der Waals surface area (Å²) in [6.07, 6.45) is 3.33. The molecule has 0 radical (unpaired) electrons. The summed E-state index contributed by atoms with van der Waals surface area (Å²) in [4.78, 5) is 41.9. The van der Waals surface area contributed by atoms with Gasteiger partial charge in [-0.05, 0) is 66.8 Å². The number of anilines is 1. The molecule has 1 aliphatic heterocycles. The van der Waals surface area contributed by atoms with E-state index in [4.69, 9.17) is 0 Å². The zero-order valence-corrected chi connectivity index (χ0v) is 24.8. The summed E-state index contributed by atoms with van der Waals surface area (Å²) >= 11 is 0. The third-order valence-corrected chi connectivity index (χ3v) is 8.40. The Hall–Kier alpha value is -3.91. The Morgan fingerprint density at radius 3 is 2.12 bits per heavy atom. The van der Waals surface area contributed by atoms with Gasteiger partial charge >= 0.3 is 0 Å². The fraction of sp³-hybridized carbons (Fsp3) is 0.424. The van der Waals surface area contributed by atoms with Crippen molar-refractivity contribution in [1.29, 1.82) is 0 Å². The van der Waals surface area contributed by atoms with Crippen LogP contribution in [-0.2, 0) is 30.0 Å². The highest BCUT2D eigenvalue weighted by atomic mass is 16.2. The second-order valence-electron chi connectivity index (χ2n) is 12.5. The van der Waals surface area contributed by atoms with Crippen molar-refractivity contribution in [2.75, 3.05) is 26.0 Å². The minimum Gasteiger partial charge on any atom is -0.347 e. The topological polar surface area (TPSA) is 86.7 Å². The summed E-state index contributed by atoms with van der Waals surface area (Å²) in [6, 6.07) is 19.6. The van der Waals surface area contributed by atoms with Crippen LogP contribution in [0, 0.1) is 5.41 Å². The van der Waals surface area contributed by atoms with Gasteiger partial charge in [0.05, 0.1) is 5.54 Å². The van der Waals surface area contributed by atoms with Crippen LogP contribution in [0.3, 0.4) is 0 Å². The Kier molecular flexibility index (Phi) is 7.79. The van der Waals surface area contributed by atoms with E-state index < -0.39 is 5.41 Å². The first-order valence-corrected chi connectivity index (χ1v) is 14.4. The van der Waals surface area contributed by atoms with E-state index in [1.807, 2.05) is 63.2 Å². The molecule has 8 nitrogen and oxygen atoms in total. The number of amides is 3. The zero-order chi connectivity index (χ0) is 29.4. The number of nitrogens with zero attached hydrogens (tertiary/aromatic N) is 3. The molecule has 0 bridgehead atoms. The molecule has 41 heavy (non-hydrogen) atoms. The van der Waals surface area contributed by atoms with Crippen molar-refractivity contribution in [3.8, 4) is 0 Å². The molecule has 0 saturated heterocycles. The van der Waals surface area contributed by atoms with Gasteiger partial charge in [0.25, 0.3) is 11.8 Å². The fourth-order valence-electron chi connectivity index (χ4n) is 5.75. The van der Waals surface area contributed by atoms with Gasteiger partial charge in [0.1, 0.15) is 5.69 Å². The highest BCUT2D eigenvalue weighted by molar-refractivity contribution is 5.95. The van der Waals surface area contributed by atoms with Crippen LogP contribution < -0.4 is 10.6 Å². The van der Waals surface area contributed by atoms with Crippen molar-refractivity contribution in [2.45, 2.75) is 65.2 Å². The maximum absolute atomic E-state index is 13.3. The summed E-state index contributed by atoms with van der Waals surface area (Å²) in [5.41, 5.74) is 5.01. The molecule has 5 rings (SSSR count). The lowest BCUT2D eigenvalue weighted by molar-refractivity contribution is -0.123. The van der Waals surface area contributed by atoms with E-state index in [1.54, 1.807) is 19.0 Å². The standard InChI is InChI=1S/C33H41N5O3/c1-32(2,3)31(41)35-26-13-9-23(10-14-26)21-34-29(39)27-15-16-28-33(17-6-18-33)37(19-20-38(27)28)22-24-7-11-25(12-8-24)30(40)36(4)5/h7-16H,6,17-22H2,1-5H3,(H,34,39)(H,35,41). The minimum absolute atomic E-state index is 0.00947. The first kappa shape index (κ1) is 28.6. The van der Waals surface area contributed by atoms with E-state index in [0.717, 1.165) is 43.7 Å². The third kappa shape index (κ3) is 5.79. The lowest BCUT2D eigenvalue weighted by Gasteiger charge is -2.53. The molecule has 3 amide bonds. The van der Waals surface area contributed by atoms with Gasteiger partial charge in [-0.3, -0.25) is 19.3 Å². The molecular formula is C33H41N5O3. The predicted molar refractivity (Wildman–Crippen MR) is 161 cm³/mol. The smallest absolute Gasteiger partial charge is 0.268 e. The molecule has 3 aromatic rings. The van der Waals surface area contributed by atoms with Gasteiger partial charge in [0, 0.05) is 62.6 Å². The fourth-order valence-corrected chi connectivity index (χ4v) is 5.75. The van der Waals surface area contributed by atoms with Crippen LogP contribution in [0.2, 0.25) is 0 Å². The van der Waals surface area contributed by atoms with Crippen LogP contribution in [0.4, 0.5) is 5.69 Å². The van der Waals surface area contributed by atoms with E-state index in [2.05, 4.69) is 38.3 Å². The second kappa shape index (κ2) is 11.2. The molecule has 8 heteroatoms. The Bertz CT molecular complexity index is 1430. The SMILES string of the molecule is CN(C)C(=O)c1ccc(CN2CCn3c(C(=O)NCc4ccc(NC(=O)C(C)(C)C)cc4)ccc3C23CCC3)cc1. The van der Waals surface area contributed by atoms with Gasteiger partial charge < -0.3 is 20.1 Å². The Morgan fingerprint density at radius 1 is 0.878 bits per heavy atom. The maximum Gasteiger partial charge on any atom is 0.268 e. The Balaban J connectivity index is 1.23. The number of rotatable bonds is 7. The first-order valence-electron chi connectivity index (χ1n) is 14.4. The maximum atomic E-state index is 13.3. The van der Waals surface area contributed by atoms with Crippen molar-refractivity contribution in [3.63, 3.8) is 0 Å². The summed E-state index contributed by atoms with van der Waals surface area (Å²) in [7, 11) is 3.53. The Morgan fingerprint density at radius 2 is 1.54 bits per heavy atom. The van der Waals surface area contributed by atoms with E-state index in [-0.39, 0.29) is 23.3 Å². The molecule has 2 heterocycles. The van der Waals surface area contributed by atoms with Crippen LogP contribution >= 0.6 is 0 Å².